The van der Waals surface area contributed by atoms with Gasteiger partial charge in [-0.3, -0.25) is 9.59 Å². The summed E-state index contributed by atoms with van der Waals surface area (Å²) in [6.45, 7) is 3.91. The van der Waals surface area contributed by atoms with Crippen molar-refractivity contribution < 1.29 is 19.1 Å². The van der Waals surface area contributed by atoms with Gasteiger partial charge < -0.3 is 20.1 Å². The van der Waals surface area contributed by atoms with Crippen LogP contribution >= 0.6 is 11.8 Å². The van der Waals surface area contributed by atoms with Gasteiger partial charge in [-0.2, -0.15) is 0 Å². The topological polar surface area (TPSA) is 76.7 Å². The van der Waals surface area contributed by atoms with Crippen molar-refractivity contribution in [2.75, 3.05) is 24.9 Å². The summed E-state index contributed by atoms with van der Waals surface area (Å²) in [5.41, 5.74) is 2.86. The van der Waals surface area contributed by atoms with Crippen molar-refractivity contribution in [1.82, 2.24) is 0 Å². The van der Waals surface area contributed by atoms with Crippen LogP contribution in [0.2, 0.25) is 0 Å². The molecule has 0 aromatic heterocycles. The van der Waals surface area contributed by atoms with E-state index in [1.54, 1.807) is 38.5 Å². The number of hydrogen-bond donors (Lipinski definition) is 2. The van der Waals surface area contributed by atoms with E-state index in [2.05, 4.69) is 10.6 Å². The number of anilines is 2. The van der Waals surface area contributed by atoms with E-state index in [-0.39, 0.29) is 17.1 Å². The average Bonchev–Trinajstić information content (AvgIpc) is 2.82. The Balaban J connectivity index is 1.70. The van der Waals surface area contributed by atoms with Gasteiger partial charge in [0.2, 0.25) is 5.91 Å². The van der Waals surface area contributed by atoms with Gasteiger partial charge >= 0.3 is 0 Å². The molecule has 7 heteroatoms. The molecule has 0 aliphatic heterocycles. The van der Waals surface area contributed by atoms with Gasteiger partial charge in [-0.1, -0.05) is 30.7 Å². The number of nitrogens with one attached hydrogen (secondary N) is 2. The van der Waals surface area contributed by atoms with Gasteiger partial charge in [0.25, 0.3) is 5.91 Å². The molecule has 6 nitrogen and oxygen atoms in total. The molecular weight excluding hydrogens is 436 g/mol. The van der Waals surface area contributed by atoms with E-state index in [1.807, 2.05) is 56.3 Å². The van der Waals surface area contributed by atoms with Crippen LogP contribution in [0.3, 0.4) is 0 Å². The van der Waals surface area contributed by atoms with Crippen LogP contribution in [0.15, 0.2) is 71.6 Å². The summed E-state index contributed by atoms with van der Waals surface area (Å²) in [5.74, 6) is 0.882. The number of hydrogen-bond acceptors (Lipinski definition) is 5. The van der Waals surface area contributed by atoms with Crippen molar-refractivity contribution in [3.63, 3.8) is 0 Å². The van der Waals surface area contributed by atoms with E-state index in [4.69, 9.17) is 9.47 Å². The fourth-order valence-electron chi connectivity index (χ4n) is 3.25. The normalized spacial score (nSPS) is 11.4. The Kier molecular flexibility index (Phi) is 8.38. The third-order valence-corrected chi connectivity index (χ3v) is 6.34. The maximum Gasteiger partial charge on any atom is 0.255 e. The van der Waals surface area contributed by atoms with Crippen molar-refractivity contribution in [3.8, 4) is 11.5 Å². The van der Waals surface area contributed by atoms with E-state index < -0.39 is 0 Å². The Morgan fingerprint density at radius 1 is 0.939 bits per heavy atom. The van der Waals surface area contributed by atoms with Crippen LogP contribution in [0.1, 0.15) is 29.3 Å². The SMILES string of the molecule is CCC(Sc1cccc(NC(=O)c2cccc(C)c2)c1)C(=O)Nc1cc(OC)ccc1OC. The Hall–Kier alpha value is -3.45. The quantitative estimate of drug-likeness (QED) is 0.393. The van der Waals surface area contributed by atoms with Crippen LogP contribution in [0.5, 0.6) is 11.5 Å². The number of ether oxygens (including phenoxy) is 2. The molecule has 1 atom stereocenters. The zero-order valence-corrected chi connectivity index (χ0v) is 20.0. The molecule has 0 heterocycles. The lowest BCUT2D eigenvalue weighted by Crippen LogP contribution is -2.24. The molecule has 0 aliphatic carbocycles. The third-order valence-electron chi connectivity index (χ3n) is 4.98. The Morgan fingerprint density at radius 3 is 2.42 bits per heavy atom. The lowest BCUT2D eigenvalue weighted by molar-refractivity contribution is -0.115. The Bertz CT molecular complexity index is 1130. The van der Waals surface area contributed by atoms with Crippen LogP contribution in [-0.4, -0.2) is 31.3 Å². The smallest absolute Gasteiger partial charge is 0.255 e. The fraction of sp³-hybridized carbons (Fsp3) is 0.231. The Labute approximate surface area is 198 Å². The molecule has 0 bridgehead atoms. The molecule has 1 unspecified atom stereocenters. The highest BCUT2D eigenvalue weighted by Crippen LogP contribution is 2.32. The van der Waals surface area contributed by atoms with E-state index >= 15 is 0 Å². The summed E-state index contributed by atoms with van der Waals surface area (Å²) in [4.78, 5) is 26.5. The first kappa shape index (κ1) is 24.2. The molecule has 0 aliphatic rings. The van der Waals surface area contributed by atoms with Gasteiger partial charge in [-0.25, -0.2) is 0 Å². The molecule has 0 spiro atoms. The van der Waals surface area contributed by atoms with Crippen LogP contribution in [-0.2, 0) is 4.79 Å². The van der Waals surface area contributed by atoms with E-state index in [1.165, 1.54) is 11.8 Å². The molecule has 0 saturated heterocycles. The summed E-state index contributed by atoms with van der Waals surface area (Å²) in [6.07, 6.45) is 0.628. The second-order valence-corrected chi connectivity index (χ2v) is 8.70. The highest BCUT2D eigenvalue weighted by molar-refractivity contribution is 8.00. The molecule has 0 saturated carbocycles. The number of rotatable bonds is 9. The molecule has 172 valence electrons. The number of methoxy groups -OCH3 is 2. The lowest BCUT2D eigenvalue weighted by Gasteiger charge is -2.17. The van der Waals surface area contributed by atoms with Crippen LogP contribution in [0.4, 0.5) is 11.4 Å². The second kappa shape index (κ2) is 11.4. The second-order valence-electron chi connectivity index (χ2n) is 7.42. The number of thioether (sulfide) groups is 1. The predicted octanol–water partition coefficient (Wildman–Crippen LogP) is 5.77. The molecule has 33 heavy (non-hydrogen) atoms. The summed E-state index contributed by atoms with van der Waals surface area (Å²) in [7, 11) is 3.13. The van der Waals surface area contributed by atoms with Gasteiger partial charge in [-0.05, 0) is 55.8 Å². The summed E-state index contributed by atoms with van der Waals surface area (Å²) in [6, 6.07) is 20.2. The fourth-order valence-corrected chi connectivity index (χ4v) is 4.26. The number of aryl methyl sites for hydroxylation is 1. The van der Waals surface area contributed by atoms with Crippen molar-refractivity contribution in [2.45, 2.75) is 30.4 Å². The van der Waals surface area contributed by atoms with Crippen molar-refractivity contribution in [2.24, 2.45) is 0 Å². The molecular formula is C26H28N2O4S. The number of amides is 2. The lowest BCUT2D eigenvalue weighted by atomic mass is 10.1. The third kappa shape index (κ3) is 6.52. The number of carbonyl (C=O) groups excluding carboxylic acids is 2. The first-order valence-electron chi connectivity index (χ1n) is 10.6. The minimum atomic E-state index is -0.330. The van der Waals surface area contributed by atoms with Crippen molar-refractivity contribution in [3.05, 3.63) is 77.9 Å². The van der Waals surface area contributed by atoms with E-state index in [9.17, 15) is 9.59 Å². The standard InChI is InChI=1S/C26H28N2O4S/c1-5-24(26(30)28-22-16-20(31-3)12-13-23(22)32-4)33-21-11-7-10-19(15-21)27-25(29)18-9-6-8-17(2)14-18/h6-16,24H,5H2,1-4H3,(H,27,29)(H,28,30). The molecule has 3 aromatic rings. The highest BCUT2D eigenvalue weighted by atomic mass is 32.2. The summed E-state index contributed by atoms with van der Waals surface area (Å²) in [5, 5.41) is 5.55. The van der Waals surface area contributed by atoms with E-state index in [0.29, 0.717) is 34.9 Å². The Morgan fingerprint density at radius 2 is 1.73 bits per heavy atom. The van der Waals surface area contributed by atoms with Crippen LogP contribution in [0.25, 0.3) is 0 Å². The van der Waals surface area contributed by atoms with Crippen LogP contribution < -0.4 is 20.1 Å². The molecule has 0 radical (unpaired) electrons. The van der Waals surface area contributed by atoms with Gasteiger partial charge in [0, 0.05) is 22.2 Å². The van der Waals surface area contributed by atoms with Crippen molar-refractivity contribution in [1.29, 1.82) is 0 Å². The van der Waals surface area contributed by atoms with Gasteiger partial charge in [0.05, 0.1) is 25.2 Å². The molecule has 0 fully saturated rings. The number of benzene rings is 3. The molecule has 3 aromatic carbocycles. The van der Waals surface area contributed by atoms with Gasteiger partial charge in [0.1, 0.15) is 11.5 Å². The molecule has 2 amide bonds. The maximum absolute atomic E-state index is 13.0. The highest BCUT2D eigenvalue weighted by Gasteiger charge is 2.20. The summed E-state index contributed by atoms with van der Waals surface area (Å²) >= 11 is 1.44. The monoisotopic (exact) mass is 464 g/mol. The van der Waals surface area contributed by atoms with E-state index in [0.717, 1.165) is 10.5 Å². The maximum atomic E-state index is 13.0. The largest absolute Gasteiger partial charge is 0.497 e. The minimum Gasteiger partial charge on any atom is -0.497 e. The van der Waals surface area contributed by atoms with Crippen LogP contribution in [0, 0.1) is 6.92 Å². The zero-order chi connectivity index (χ0) is 23.8. The van der Waals surface area contributed by atoms with Gasteiger partial charge in [-0.15, -0.1) is 11.8 Å². The van der Waals surface area contributed by atoms with Crippen molar-refractivity contribution >= 4 is 35.0 Å². The predicted molar refractivity (Wildman–Crippen MR) is 134 cm³/mol. The molecule has 3 rings (SSSR count). The first-order chi connectivity index (χ1) is 15.9. The summed E-state index contributed by atoms with van der Waals surface area (Å²) < 4.78 is 10.6. The molecule has 2 N–H and O–H groups in total. The average molecular weight is 465 g/mol. The zero-order valence-electron chi connectivity index (χ0n) is 19.2. The first-order valence-corrected chi connectivity index (χ1v) is 11.5. The van der Waals surface area contributed by atoms with Gasteiger partial charge in [0.15, 0.2) is 0 Å². The minimum absolute atomic E-state index is 0.136. The number of carbonyl (C=O) groups is 2.